The van der Waals surface area contributed by atoms with Crippen molar-refractivity contribution in [2.75, 3.05) is 0 Å². The fourth-order valence-corrected chi connectivity index (χ4v) is 2.38. The van der Waals surface area contributed by atoms with Crippen molar-refractivity contribution < 1.29 is 4.79 Å². The predicted octanol–water partition coefficient (Wildman–Crippen LogP) is 2.70. The molecule has 16 heavy (non-hydrogen) atoms. The molecule has 84 valence electrons. The van der Waals surface area contributed by atoms with Crippen LogP contribution < -0.4 is 0 Å². The van der Waals surface area contributed by atoms with Gasteiger partial charge in [-0.1, -0.05) is 6.07 Å². The zero-order chi connectivity index (χ0) is 11.5. The summed E-state index contributed by atoms with van der Waals surface area (Å²) in [6.07, 6.45) is 0.475. The van der Waals surface area contributed by atoms with Crippen LogP contribution in [0.2, 0.25) is 0 Å². The maximum atomic E-state index is 12.1. The topological polar surface area (TPSA) is 34.9 Å². The number of ketones is 1. The molecule has 0 amide bonds. The molecule has 0 unspecified atom stereocenters. The van der Waals surface area contributed by atoms with Crippen molar-refractivity contribution in [2.24, 2.45) is 0 Å². The first-order valence-electron chi connectivity index (χ1n) is 5.30. The zero-order valence-electron chi connectivity index (χ0n) is 9.43. The molecule has 2 aromatic rings. The minimum Gasteiger partial charge on any atom is -0.292 e. The number of nitrogens with zero attached hydrogens (tertiary/aromatic N) is 2. The van der Waals surface area contributed by atoms with E-state index in [0.29, 0.717) is 12.1 Å². The first-order chi connectivity index (χ1) is 7.70. The number of Topliss-reactive ketones (excluding diaryl/α,β-unsaturated/α-hetero) is 1. The highest BCUT2D eigenvalue weighted by Crippen LogP contribution is 2.13. The van der Waals surface area contributed by atoms with E-state index in [2.05, 4.69) is 5.10 Å². The van der Waals surface area contributed by atoms with Crippen molar-refractivity contribution in [3.8, 4) is 0 Å². The van der Waals surface area contributed by atoms with Crippen LogP contribution in [0.4, 0.5) is 0 Å². The highest BCUT2D eigenvalue weighted by Gasteiger charge is 2.13. The van der Waals surface area contributed by atoms with Gasteiger partial charge in [0.15, 0.2) is 5.78 Å². The Balaban J connectivity index is 2.20. The number of hydrogen-bond donors (Lipinski definition) is 0. The van der Waals surface area contributed by atoms with E-state index in [-0.39, 0.29) is 5.78 Å². The highest BCUT2D eigenvalue weighted by molar-refractivity contribution is 7.10. The van der Waals surface area contributed by atoms with E-state index < -0.39 is 0 Å². The smallest absolute Gasteiger partial charge is 0.186 e. The second kappa shape index (κ2) is 4.61. The fourth-order valence-electron chi connectivity index (χ4n) is 1.67. The van der Waals surface area contributed by atoms with Crippen LogP contribution in [0.15, 0.2) is 23.6 Å². The highest BCUT2D eigenvalue weighted by atomic mass is 32.1. The number of carbonyl (C=O) groups excluding carboxylic acids is 1. The summed E-state index contributed by atoms with van der Waals surface area (Å²) in [6.45, 7) is 4.64. The summed E-state index contributed by atoms with van der Waals surface area (Å²) in [6, 6.07) is 5.82. The Morgan fingerprint density at radius 3 is 3.00 bits per heavy atom. The summed E-state index contributed by atoms with van der Waals surface area (Å²) in [4.78, 5) is 13.2. The Kier molecular flexibility index (Phi) is 3.19. The average Bonchev–Trinajstić information content (AvgIpc) is 2.86. The lowest BCUT2D eigenvalue weighted by Gasteiger charge is -2.02. The Labute approximate surface area is 98.7 Å². The lowest BCUT2D eigenvalue weighted by molar-refractivity contribution is 0.0983. The second-order valence-corrected chi connectivity index (χ2v) is 4.70. The predicted molar refractivity (Wildman–Crippen MR) is 65.0 cm³/mol. The number of carbonyl (C=O) groups is 1. The molecular weight excluding hydrogens is 220 g/mol. The third kappa shape index (κ3) is 2.22. The minimum absolute atomic E-state index is 0.143. The van der Waals surface area contributed by atoms with Crippen LogP contribution in [-0.2, 0) is 13.0 Å². The van der Waals surface area contributed by atoms with Crippen LogP contribution in [0.5, 0.6) is 0 Å². The summed E-state index contributed by atoms with van der Waals surface area (Å²) >= 11 is 1.62. The zero-order valence-corrected chi connectivity index (χ0v) is 10.3. The number of thiophene rings is 1. The molecule has 0 saturated heterocycles. The van der Waals surface area contributed by atoms with Crippen molar-refractivity contribution in [2.45, 2.75) is 26.8 Å². The van der Waals surface area contributed by atoms with Gasteiger partial charge >= 0.3 is 0 Å². The van der Waals surface area contributed by atoms with Gasteiger partial charge in [0.2, 0.25) is 0 Å². The third-order valence-electron chi connectivity index (χ3n) is 2.40. The molecule has 0 spiro atoms. The third-order valence-corrected chi connectivity index (χ3v) is 3.28. The van der Waals surface area contributed by atoms with Gasteiger partial charge in [0.25, 0.3) is 0 Å². The first kappa shape index (κ1) is 11.1. The molecule has 2 aromatic heterocycles. The van der Waals surface area contributed by atoms with E-state index in [1.54, 1.807) is 16.0 Å². The molecule has 3 nitrogen and oxygen atoms in total. The lowest BCUT2D eigenvalue weighted by Crippen LogP contribution is -2.11. The fraction of sp³-hybridized carbons (Fsp3) is 0.333. The largest absolute Gasteiger partial charge is 0.292 e. The summed E-state index contributed by atoms with van der Waals surface area (Å²) in [5.41, 5.74) is 1.62. The van der Waals surface area contributed by atoms with Crippen LogP contribution in [-0.4, -0.2) is 15.6 Å². The van der Waals surface area contributed by atoms with Gasteiger partial charge in [0.05, 0.1) is 5.69 Å². The van der Waals surface area contributed by atoms with Gasteiger partial charge in [-0.25, -0.2) is 0 Å². The Morgan fingerprint density at radius 2 is 2.38 bits per heavy atom. The van der Waals surface area contributed by atoms with Gasteiger partial charge in [-0.05, 0) is 31.4 Å². The monoisotopic (exact) mass is 234 g/mol. The average molecular weight is 234 g/mol. The van der Waals surface area contributed by atoms with E-state index in [1.165, 1.54) is 0 Å². The molecule has 0 radical (unpaired) electrons. The van der Waals surface area contributed by atoms with E-state index in [4.69, 9.17) is 0 Å². The quantitative estimate of drug-likeness (QED) is 0.762. The normalized spacial score (nSPS) is 10.6. The molecule has 0 atom stereocenters. The molecule has 0 saturated carbocycles. The number of hydrogen-bond acceptors (Lipinski definition) is 3. The minimum atomic E-state index is 0.143. The van der Waals surface area contributed by atoms with Crippen LogP contribution in [0.1, 0.15) is 28.0 Å². The van der Waals surface area contributed by atoms with Crippen LogP contribution in [0.25, 0.3) is 0 Å². The van der Waals surface area contributed by atoms with Gasteiger partial charge in [-0.2, -0.15) is 5.10 Å². The van der Waals surface area contributed by atoms with Crippen LogP contribution in [0.3, 0.4) is 0 Å². The van der Waals surface area contributed by atoms with Crippen molar-refractivity contribution in [3.63, 3.8) is 0 Å². The standard InChI is InChI=1S/C12H14N2OS/c1-3-14-11(7-9(2)13-14)12(15)8-10-5-4-6-16-10/h4-7H,3,8H2,1-2H3. The van der Waals surface area contributed by atoms with Gasteiger partial charge in [0.1, 0.15) is 5.69 Å². The summed E-state index contributed by atoms with van der Waals surface area (Å²) in [7, 11) is 0. The molecule has 0 aliphatic heterocycles. The molecule has 4 heteroatoms. The van der Waals surface area contributed by atoms with Crippen LogP contribution in [0, 0.1) is 6.92 Å². The van der Waals surface area contributed by atoms with Gasteiger partial charge in [0, 0.05) is 17.8 Å². The van der Waals surface area contributed by atoms with Crippen molar-refractivity contribution >= 4 is 17.1 Å². The number of rotatable bonds is 4. The summed E-state index contributed by atoms with van der Waals surface area (Å²) in [5, 5.41) is 6.27. The molecule has 2 rings (SSSR count). The molecule has 0 fully saturated rings. The van der Waals surface area contributed by atoms with Crippen molar-refractivity contribution in [3.05, 3.63) is 39.8 Å². The molecule has 0 aliphatic carbocycles. The van der Waals surface area contributed by atoms with Crippen molar-refractivity contribution in [1.29, 1.82) is 0 Å². The molecule has 0 N–H and O–H groups in total. The van der Waals surface area contributed by atoms with E-state index in [9.17, 15) is 4.79 Å². The van der Waals surface area contributed by atoms with E-state index in [1.807, 2.05) is 37.4 Å². The van der Waals surface area contributed by atoms with Gasteiger partial charge in [-0.15, -0.1) is 11.3 Å². The summed E-state index contributed by atoms with van der Waals surface area (Å²) in [5.74, 6) is 0.143. The molecular formula is C12H14N2OS. The first-order valence-corrected chi connectivity index (χ1v) is 6.18. The molecule has 0 aromatic carbocycles. The maximum Gasteiger partial charge on any atom is 0.186 e. The number of aromatic nitrogens is 2. The Hall–Kier alpha value is -1.42. The lowest BCUT2D eigenvalue weighted by atomic mass is 10.2. The molecule has 2 heterocycles. The number of aryl methyl sites for hydroxylation is 2. The van der Waals surface area contributed by atoms with E-state index in [0.717, 1.165) is 17.1 Å². The Bertz CT molecular complexity index is 485. The Morgan fingerprint density at radius 1 is 1.56 bits per heavy atom. The van der Waals surface area contributed by atoms with E-state index >= 15 is 0 Å². The molecule has 0 bridgehead atoms. The van der Waals surface area contributed by atoms with Gasteiger partial charge in [-0.3, -0.25) is 9.48 Å². The molecule has 0 aliphatic rings. The SMILES string of the molecule is CCn1nc(C)cc1C(=O)Cc1cccs1. The van der Waals surface area contributed by atoms with Gasteiger partial charge < -0.3 is 0 Å². The van der Waals surface area contributed by atoms with Crippen molar-refractivity contribution in [1.82, 2.24) is 9.78 Å². The maximum absolute atomic E-state index is 12.1. The van der Waals surface area contributed by atoms with Crippen LogP contribution >= 0.6 is 11.3 Å². The second-order valence-electron chi connectivity index (χ2n) is 3.67. The summed E-state index contributed by atoms with van der Waals surface area (Å²) < 4.78 is 1.77.